The number of ether oxygens (including phenoxy) is 1. The summed E-state index contributed by atoms with van der Waals surface area (Å²) in [6, 6.07) is -0.636. The molecule has 0 aliphatic rings. The number of amides is 1. The summed E-state index contributed by atoms with van der Waals surface area (Å²) in [6.45, 7) is 4.93. The quantitative estimate of drug-likeness (QED) is 0.0320. The molecule has 0 aromatic carbocycles. The molecule has 0 rings (SSSR count). The Morgan fingerprint density at radius 3 is 0.932 bits per heavy atom. The molecule has 0 fully saturated rings. The number of unbranched alkanes of at least 4 members (excludes halogenated alkanes) is 52. The Hall–Kier alpha value is -1.40. The molecule has 6 nitrogen and oxygen atoms in total. The number of aliphatic hydroxyl groups is 2. The van der Waals surface area contributed by atoms with Crippen LogP contribution in [0.2, 0.25) is 0 Å². The largest absolute Gasteiger partial charge is 0.466 e. The van der Waals surface area contributed by atoms with Gasteiger partial charge in [0.2, 0.25) is 5.91 Å². The Morgan fingerprint density at radius 2 is 0.630 bits per heavy atom. The summed E-state index contributed by atoms with van der Waals surface area (Å²) in [6.07, 6.45) is 76.9. The van der Waals surface area contributed by atoms with Crippen LogP contribution in [-0.4, -0.2) is 47.4 Å². The number of rotatable bonds is 63. The standard InChI is InChI=1S/C67H131NO5/c1-3-5-7-9-11-13-15-17-19-21-23-24-25-26-27-28-29-31-35-39-43-47-51-55-59-65(70)64(63-69)68-66(71)60-56-52-48-44-40-36-33-34-38-42-46-50-54-58-62-73-67(72)61-57-53-49-45-41-37-32-30-22-20-18-16-14-12-10-8-6-4-2/h55,59,64-65,69-70H,3-54,56-58,60-63H2,1-2H3,(H,68,71)/b59-55+. The van der Waals surface area contributed by atoms with Gasteiger partial charge in [0.1, 0.15) is 0 Å². The van der Waals surface area contributed by atoms with Gasteiger partial charge >= 0.3 is 5.97 Å². The van der Waals surface area contributed by atoms with Crippen molar-refractivity contribution in [2.24, 2.45) is 0 Å². The van der Waals surface area contributed by atoms with E-state index in [-0.39, 0.29) is 18.5 Å². The molecule has 1 amide bonds. The van der Waals surface area contributed by atoms with Crippen LogP contribution in [0.1, 0.15) is 380 Å². The van der Waals surface area contributed by atoms with Crippen LogP contribution >= 0.6 is 0 Å². The molecule has 0 aromatic heterocycles. The van der Waals surface area contributed by atoms with Gasteiger partial charge in [-0.2, -0.15) is 0 Å². The second-order valence-electron chi connectivity index (χ2n) is 23.2. The summed E-state index contributed by atoms with van der Waals surface area (Å²) in [5, 5.41) is 23.2. The van der Waals surface area contributed by atoms with Crippen LogP contribution in [0.3, 0.4) is 0 Å². The fourth-order valence-corrected chi connectivity index (χ4v) is 10.7. The zero-order valence-electron chi connectivity index (χ0n) is 49.6. The van der Waals surface area contributed by atoms with E-state index < -0.39 is 12.1 Å². The molecular formula is C67H131NO5. The van der Waals surface area contributed by atoms with Gasteiger partial charge in [0.15, 0.2) is 0 Å². The summed E-state index contributed by atoms with van der Waals surface area (Å²) in [7, 11) is 0. The Balaban J connectivity index is 3.44. The van der Waals surface area contributed by atoms with Gasteiger partial charge in [-0.25, -0.2) is 0 Å². The molecule has 0 saturated carbocycles. The first-order valence-electron chi connectivity index (χ1n) is 33.5. The van der Waals surface area contributed by atoms with E-state index in [1.54, 1.807) is 6.08 Å². The number of hydrogen-bond acceptors (Lipinski definition) is 5. The molecule has 0 heterocycles. The zero-order chi connectivity index (χ0) is 52.9. The molecule has 0 aliphatic carbocycles. The van der Waals surface area contributed by atoms with Crippen molar-refractivity contribution in [2.45, 2.75) is 392 Å². The van der Waals surface area contributed by atoms with Crippen LogP contribution in [-0.2, 0) is 14.3 Å². The van der Waals surface area contributed by atoms with Gasteiger partial charge in [0.05, 0.1) is 25.4 Å². The van der Waals surface area contributed by atoms with Crippen LogP contribution in [0, 0.1) is 0 Å². The van der Waals surface area contributed by atoms with Crippen molar-refractivity contribution in [1.29, 1.82) is 0 Å². The number of hydrogen-bond donors (Lipinski definition) is 3. The van der Waals surface area contributed by atoms with Crippen molar-refractivity contribution in [2.75, 3.05) is 13.2 Å². The minimum absolute atomic E-state index is 0.00235. The van der Waals surface area contributed by atoms with Crippen LogP contribution in [0.25, 0.3) is 0 Å². The van der Waals surface area contributed by atoms with E-state index >= 15 is 0 Å². The summed E-state index contributed by atoms with van der Waals surface area (Å²) >= 11 is 0. The Bertz CT molecular complexity index is 1100. The van der Waals surface area contributed by atoms with Crippen LogP contribution in [0.4, 0.5) is 0 Å². The third-order valence-electron chi connectivity index (χ3n) is 15.8. The molecule has 434 valence electrons. The van der Waals surface area contributed by atoms with E-state index in [1.165, 1.54) is 295 Å². The number of nitrogens with one attached hydrogen (secondary N) is 1. The maximum atomic E-state index is 12.5. The van der Waals surface area contributed by atoms with Crippen molar-refractivity contribution in [3.8, 4) is 0 Å². The lowest BCUT2D eigenvalue weighted by atomic mass is 10.0. The molecule has 0 aromatic rings. The van der Waals surface area contributed by atoms with Crippen molar-refractivity contribution in [1.82, 2.24) is 5.32 Å². The molecule has 0 saturated heterocycles. The summed E-state index contributed by atoms with van der Waals surface area (Å²) in [4.78, 5) is 24.6. The Kier molecular flexibility index (Phi) is 61.9. The molecule has 6 heteroatoms. The van der Waals surface area contributed by atoms with E-state index in [9.17, 15) is 19.8 Å². The number of aliphatic hydroxyl groups excluding tert-OH is 2. The van der Waals surface area contributed by atoms with Gasteiger partial charge in [-0.3, -0.25) is 9.59 Å². The molecule has 0 radical (unpaired) electrons. The number of carbonyl (C=O) groups excluding carboxylic acids is 2. The Labute approximate surface area is 457 Å². The minimum atomic E-state index is -0.852. The average molecular weight is 1030 g/mol. The second kappa shape index (κ2) is 63.1. The van der Waals surface area contributed by atoms with Crippen molar-refractivity contribution < 1.29 is 24.5 Å². The summed E-state index contributed by atoms with van der Waals surface area (Å²) in [5.74, 6) is -0.0711. The third kappa shape index (κ3) is 59.7. The fourth-order valence-electron chi connectivity index (χ4n) is 10.7. The van der Waals surface area contributed by atoms with Gasteiger partial charge < -0.3 is 20.3 Å². The fraction of sp³-hybridized carbons (Fsp3) is 0.940. The lowest BCUT2D eigenvalue weighted by Gasteiger charge is -2.20. The SMILES string of the molecule is CCCCCCCCCCCCCCCCCCCCCCCC/C=C/C(O)C(CO)NC(=O)CCCCCCCCCCCCCCCCOC(=O)CCCCCCCCCCCCCCCCCCCC. The van der Waals surface area contributed by atoms with E-state index in [1.807, 2.05) is 6.08 Å². The van der Waals surface area contributed by atoms with Crippen molar-refractivity contribution in [3.05, 3.63) is 12.2 Å². The van der Waals surface area contributed by atoms with E-state index in [4.69, 9.17) is 4.74 Å². The maximum absolute atomic E-state index is 12.5. The number of allylic oxidation sites excluding steroid dienone is 1. The lowest BCUT2D eigenvalue weighted by Crippen LogP contribution is -2.45. The van der Waals surface area contributed by atoms with Gasteiger partial charge in [-0.15, -0.1) is 0 Å². The predicted molar refractivity (Wildman–Crippen MR) is 320 cm³/mol. The van der Waals surface area contributed by atoms with Crippen LogP contribution < -0.4 is 5.32 Å². The van der Waals surface area contributed by atoms with Crippen LogP contribution in [0.5, 0.6) is 0 Å². The molecule has 0 bridgehead atoms. The van der Waals surface area contributed by atoms with Crippen molar-refractivity contribution >= 4 is 11.9 Å². The Morgan fingerprint density at radius 1 is 0.370 bits per heavy atom. The summed E-state index contributed by atoms with van der Waals surface area (Å²) < 4.78 is 5.50. The highest BCUT2D eigenvalue weighted by Crippen LogP contribution is 2.19. The van der Waals surface area contributed by atoms with Gasteiger partial charge in [0, 0.05) is 12.8 Å². The summed E-state index contributed by atoms with van der Waals surface area (Å²) in [5.41, 5.74) is 0. The average Bonchev–Trinajstić information content (AvgIpc) is 3.39. The van der Waals surface area contributed by atoms with Gasteiger partial charge in [-0.1, -0.05) is 347 Å². The first kappa shape index (κ1) is 71.6. The maximum Gasteiger partial charge on any atom is 0.305 e. The molecule has 73 heavy (non-hydrogen) atoms. The van der Waals surface area contributed by atoms with Crippen LogP contribution in [0.15, 0.2) is 12.2 Å². The number of carbonyl (C=O) groups is 2. The van der Waals surface area contributed by atoms with Gasteiger partial charge in [-0.05, 0) is 32.1 Å². The molecule has 3 N–H and O–H groups in total. The highest BCUT2D eigenvalue weighted by atomic mass is 16.5. The lowest BCUT2D eigenvalue weighted by molar-refractivity contribution is -0.143. The predicted octanol–water partition coefficient (Wildman–Crippen LogP) is 21.2. The normalized spacial score (nSPS) is 12.5. The topological polar surface area (TPSA) is 95.9 Å². The highest BCUT2D eigenvalue weighted by molar-refractivity contribution is 5.76. The molecule has 0 spiro atoms. The molecule has 2 unspecified atom stereocenters. The highest BCUT2D eigenvalue weighted by Gasteiger charge is 2.18. The van der Waals surface area contributed by atoms with Crippen molar-refractivity contribution in [3.63, 3.8) is 0 Å². The number of esters is 1. The first-order valence-corrected chi connectivity index (χ1v) is 33.5. The molecular weight excluding hydrogens is 899 g/mol. The zero-order valence-corrected chi connectivity index (χ0v) is 49.6. The van der Waals surface area contributed by atoms with Gasteiger partial charge in [0.25, 0.3) is 0 Å². The monoisotopic (exact) mass is 1030 g/mol. The smallest absolute Gasteiger partial charge is 0.305 e. The third-order valence-corrected chi connectivity index (χ3v) is 15.8. The molecule has 0 aliphatic heterocycles. The first-order chi connectivity index (χ1) is 36.0. The second-order valence-corrected chi connectivity index (χ2v) is 23.2. The molecule has 2 atom stereocenters. The minimum Gasteiger partial charge on any atom is -0.466 e. The van der Waals surface area contributed by atoms with E-state index in [2.05, 4.69) is 19.2 Å². The van der Waals surface area contributed by atoms with E-state index in [0.29, 0.717) is 19.4 Å². The van der Waals surface area contributed by atoms with E-state index in [0.717, 1.165) is 57.8 Å².